The third-order valence-corrected chi connectivity index (χ3v) is 4.90. The lowest BCUT2D eigenvalue weighted by Gasteiger charge is -2.19. The number of nitrogens with zero attached hydrogens (tertiary/aromatic N) is 2. The lowest BCUT2D eigenvalue weighted by atomic mass is 10.2. The molecule has 7 heteroatoms. The number of ether oxygens (including phenoxy) is 1. The first-order chi connectivity index (χ1) is 14.1. The molecule has 154 valence electrons. The van der Waals surface area contributed by atoms with Gasteiger partial charge in [-0.05, 0) is 55.7 Å². The van der Waals surface area contributed by atoms with Gasteiger partial charge >= 0.3 is 0 Å². The fourth-order valence-electron chi connectivity index (χ4n) is 3.14. The van der Waals surface area contributed by atoms with Crippen LogP contribution in [0.2, 0.25) is 0 Å². The minimum atomic E-state index is -0.372. The van der Waals surface area contributed by atoms with E-state index >= 15 is 0 Å². The zero-order valence-corrected chi connectivity index (χ0v) is 17.0. The Hall–Kier alpha value is -2.93. The Bertz CT molecular complexity index is 832. The van der Waals surface area contributed by atoms with Gasteiger partial charge in [-0.15, -0.1) is 0 Å². The van der Waals surface area contributed by atoms with Crippen molar-refractivity contribution in [2.24, 2.45) is 0 Å². The van der Waals surface area contributed by atoms with Crippen molar-refractivity contribution in [1.82, 2.24) is 4.98 Å². The average Bonchev–Trinajstić information content (AvgIpc) is 3.28. The average molecular weight is 396 g/mol. The maximum Gasteiger partial charge on any atom is 0.274 e. The molecule has 1 aliphatic rings. The number of hydrogen-bond acceptors (Lipinski definition) is 5. The van der Waals surface area contributed by atoms with E-state index in [4.69, 9.17) is 4.74 Å². The first-order valence-electron chi connectivity index (χ1n) is 10.1. The molecule has 2 aromatic rings. The van der Waals surface area contributed by atoms with Gasteiger partial charge in [0.25, 0.3) is 11.8 Å². The Morgan fingerprint density at radius 1 is 1.17 bits per heavy atom. The highest BCUT2D eigenvalue weighted by Crippen LogP contribution is 2.19. The van der Waals surface area contributed by atoms with Crippen molar-refractivity contribution < 1.29 is 14.3 Å². The molecular formula is C22H28N4O3. The van der Waals surface area contributed by atoms with Gasteiger partial charge in [-0.1, -0.05) is 13.3 Å². The first-order valence-corrected chi connectivity index (χ1v) is 10.1. The number of carbonyl (C=O) groups is 2. The van der Waals surface area contributed by atoms with Crippen LogP contribution in [0.15, 0.2) is 42.6 Å². The summed E-state index contributed by atoms with van der Waals surface area (Å²) >= 11 is 0. The minimum Gasteiger partial charge on any atom is -0.374 e. The minimum absolute atomic E-state index is 0.132. The molecule has 1 fully saturated rings. The molecule has 3 rings (SSSR count). The molecule has 2 amide bonds. The van der Waals surface area contributed by atoms with Crippen LogP contribution in [0.25, 0.3) is 0 Å². The molecule has 29 heavy (non-hydrogen) atoms. The number of carbonyl (C=O) groups excluding carboxylic acids is 2. The van der Waals surface area contributed by atoms with Gasteiger partial charge in [-0.3, -0.25) is 14.6 Å². The van der Waals surface area contributed by atoms with Crippen LogP contribution in [-0.2, 0) is 9.53 Å². The summed E-state index contributed by atoms with van der Waals surface area (Å²) < 4.78 is 5.38. The van der Waals surface area contributed by atoms with Gasteiger partial charge in [-0.25, -0.2) is 0 Å². The molecule has 1 atom stereocenters. The third-order valence-electron chi connectivity index (χ3n) is 4.90. The normalized spacial score (nSPS) is 15.7. The fraction of sp³-hybridized carbons (Fsp3) is 0.409. The molecule has 2 N–H and O–H groups in total. The number of hydrogen-bond donors (Lipinski definition) is 2. The second kappa shape index (κ2) is 10.0. The quantitative estimate of drug-likeness (QED) is 0.711. The van der Waals surface area contributed by atoms with Crippen molar-refractivity contribution >= 4 is 28.9 Å². The van der Waals surface area contributed by atoms with Gasteiger partial charge in [-0.2, -0.15) is 0 Å². The lowest BCUT2D eigenvalue weighted by Crippen LogP contribution is -2.26. The second-order valence-electron chi connectivity index (χ2n) is 7.20. The van der Waals surface area contributed by atoms with Crippen LogP contribution >= 0.6 is 0 Å². The Morgan fingerprint density at radius 3 is 2.55 bits per heavy atom. The molecule has 0 bridgehead atoms. The van der Waals surface area contributed by atoms with Crippen LogP contribution < -0.4 is 15.5 Å². The van der Waals surface area contributed by atoms with Crippen molar-refractivity contribution in [2.75, 3.05) is 35.7 Å². The SMILES string of the molecule is CCCCN(C)c1ccnc(C(=O)Nc2ccc(NC(=O)[C@H]3CCCO3)cc2)c1. The van der Waals surface area contributed by atoms with Gasteiger partial charge in [0.05, 0.1) is 0 Å². The van der Waals surface area contributed by atoms with Crippen LogP contribution in [0.4, 0.5) is 17.1 Å². The Labute approximate surface area is 171 Å². The van der Waals surface area contributed by atoms with Crippen LogP contribution in [-0.4, -0.2) is 43.1 Å². The van der Waals surface area contributed by atoms with Crippen molar-refractivity contribution in [3.63, 3.8) is 0 Å². The molecule has 7 nitrogen and oxygen atoms in total. The topological polar surface area (TPSA) is 83.6 Å². The molecule has 0 radical (unpaired) electrons. The molecule has 1 saturated heterocycles. The number of nitrogens with one attached hydrogen (secondary N) is 2. The summed E-state index contributed by atoms with van der Waals surface area (Å²) in [5.41, 5.74) is 2.63. The maximum atomic E-state index is 12.6. The van der Waals surface area contributed by atoms with Crippen LogP contribution in [0, 0.1) is 0 Å². The lowest BCUT2D eigenvalue weighted by molar-refractivity contribution is -0.124. The van der Waals surface area contributed by atoms with Crippen molar-refractivity contribution in [3.8, 4) is 0 Å². The zero-order valence-electron chi connectivity index (χ0n) is 17.0. The predicted octanol–water partition coefficient (Wildman–Crippen LogP) is 3.69. The molecule has 0 unspecified atom stereocenters. The van der Waals surface area contributed by atoms with E-state index in [2.05, 4.69) is 27.4 Å². The van der Waals surface area contributed by atoms with Gasteiger partial charge < -0.3 is 20.3 Å². The fourth-order valence-corrected chi connectivity index (χ4v) is 3.14. The number of rotatable bonds is 8. The van der Waals surface area contributed by atoms with Crippen LogP contribution in [0.1, 0.15) is 43.1 Å². The molecule has 1 aromatic heterocycles. The molecule has 1 aliphatic heterocycles. The van der Waals surface area contributed by atoms with E-state index in [1.54, 1.807) is 36.5 Å². The predicted molar refractivity (Wildman–Crippen MR) is 114 cm³/mol. The van der Waals surface area contributed by atoms with E-state index in [0.717, 1.165) is 37.9 Å². The van der Waals surface area contributed by atoms with Crippen LogP contribution in [0.3, 0.4) is 0 Å². The first kappa shape index (κ1) is 20.8. The summed E-state index contributed by atoms with van der Waals surface area (Å²) in [6.07, 6.45) is 5.15. The second-order valence-corrected chi connectivity index (χ2v) is 7.20. The number of aromatic nitrogens is 1. The number of amides is 2. The monoisotopic (exact) mass is 396 g/mol. The zero-order chi connectivity index (χ0) is 20.6. The van der Waals surface area contributed by atoms with E-state index in [1.165, 1.54) is 0 Å². The van der Waals surface area contributed by atoms with E-state index < -0.39 is 0 Å². The summed E-state index contributed by atoms with van der Waals surface area (Å²) in [6, 6.07) is 10.7. The number of pyridine rings is 1. The molecule has 1 aromatic carbocycles. The standard InChI is InChI=1S/C22H28N4O3/c1-3-4-13-26(2)18-11-12-23-19(15-18)21(27)24-16-7-9-17(10-8-16)25-22(28)20-6-5-14-29-20/h7-12,15,20H,3-6,13-14H2,1-2H3,(H,24,27)(H,25,28)/t20-/m1/s1. The van der Waals surface area contributed by atoms with Gasteiger partial charge in [0.2, 0.25) is 0 Å². The summed E-state index contributed by atoms with van der Waals surface area (Å²) in [7, 11) is 2.01. The largest absolute Gasteiger partial charge is 0.374 e. The summed E-state index contributed by atoms with van der Waals surface area (Å²) in [4.78, 5) is 31.0. The van der Waals surface area contributed by atoms with E-state index in [1.807, 2.05) is 13.1 Å². The van der Waals surface area contributed by atoms with Gasteiger partial charge in [0, 0.05) is 43.5 Å². The molecule has 0 aliphatic carbocycles. The van der Waals surface area contributed by atoms with Crippen molar-refractivity contribution in [3.05, 3.63) is 48.3 Å². The molecule has 0 spiro atoms. The highest BCUT2D eigenvalue weighted by atomic mass is 16.5. The van der Waals surface area contributed by atoms with Gasteiger partial charge in [0.15, 0.2) is 0 Å². The number of benzene rings is 1. The van der Waals surface area contributed by atoms with E-state index in [-0.39, 0.29) is 17.9 Å². The van der Waals surface area contributed by atoms with E-state index in [0.29, 0.717) is 23.7 Å². The van der Waals surface area contributed by atoms with Crippen molar-refractivity contribution in [1.29, 1.82) is 0 Å². The smallest absolute Gasteiger partial charge is 0.274 e. The summed E-state index contributed by atoms with van der Waals surface area (Å²) in [5.74, 6) is -0.403. The van der Waals surface area contributed by atoms with Crippen LogP contribution in [0.5, 0.6) is 0 Å². The molecule has 2 heterocycles. The molecular weight excluding hydrogens is 368 g/mol. The van der Waals surface area contributed by atoms with E-state index in [9.17, 15) is 9.59 Å². The summed E-state index contributed by atoms with van der Waals surface area (Å²) in [5, 5.41) is 5.68. The highest BCUT2D eigenvalue weighted by molar-refractivity contribution is 6.03. The number of unbranched alkanes of at least 4 members (excludes halogenated alkanes) is 1. The Kier molecular flexibility index (Phi) is 7.19. The Balaban J connectivity index is 1.58. The number of anilines is 3. The maximum absolute atomic E-state index is 12.6. The van der Waals surface area contributed by atoms with Crippen molar-refractivity contribution in [2.45, 2.75) is 38.7 Å². The molecule has 0 saturated carbocycles. The third kappa shape index (κ3) is 5.77. The summed E-state index contributed by atoms with van der Waals surface area (Å²) in [6.45, 7) is 3.71. The highest BCUT2D eigenvalue weighted by Gasteiger charge is 2.23. The Morgan fingerprint density at radius 2 is 1.90 bits per heavy atom. The van der Waals surface area contributed by atoms with Gasteiger partial charge in [0.1, 0.15) is 11.8 Å².